The Kier molecular flexibility index (Phi) is 7.29. The van der Waals surface area contributed by atoms with Crippen molar-refractivity contribution < 1.29 is 0 Å². The molecule has 3 heteroatoms. The van der Waals surface area contributed by atoms with Crippen LogP contribution < -0.4 is 0 Å². The fourth-order valence-corrected chi connectivity index (χ4v) is 1.26. The number of halogens is 2. The molecule has 0 N–H and O–H groups in total. The van der Waals surface area contributed by atoms with Crippen molar-refractivity contribution in [1.82, 2.24) is 0 Å². The van der Waals surface area contributed by atoms with Gasteiger partial charge in [0.05, 0.1) is 0 Å². The second kappa shape index (κ2) is 8.29. The van der Waals surface area contributed by atoms with Crippen LogP contribution in [0.2, 0.25) is 0 Å². The quantitative estimate of drug-likeness (QED) is 0.356. The number of hydrogen-bond acceptors (Lipinski definition) is 0. The Morgan fingerprint density at radius 3 is 1.13 bits per heavy atom. The molecule has 0 atom stereocenters. The Labute approximate surface area is 119 Å². The Bertz CT molecular complexity index is 324. The zero-order chi connectivity index (χ0) is 10.9. The van der Waals surface area contributed by atoms with Gasteiger partial charge in [-0.2, -0.15) is 0 Å². The molecule has 0 saturated heterocycles. The van der Waals surface area contributed by atoms with Gasteiger partial charge in [0.25, 0.3) is 0 Å². The molecular weight excluding hydrogens is 426 g/mol. The van der Waals surface area contributed by atoms with E-state index in [0.717, 1.165) is 0 Å². The third-order valence-corrected chi connectivity index (χ3v) is 1.88. The average Bonchev–Trinajstić information content (AvgIpc) is 2.32. The number of rotatable bonds is 1. The first-order chi connectivity index (χ1) is 7.38. The molecule has 0 unspecified atom stereocenters. The van der Waals surface area contributed by atoms with Crippen LogP contribution in [0, 0.1) is 0 Å². The minimum absolute atomic E-state index is 0.357. The van der Waals surface area contributed by atoms with Crippen LogP contribution in [0.4, 0.5) is 0 Å². The summed E-state index contributed by atoms with van der Waals surface area (Å²) in [6.07, 6.45) is 0. The summed E-state index contributed by atoms with van der Waals surface area (Å²) < 4.78 is 0.357. The maximum absolute atomic E-state index is 2.41. The highest BCUT2D eigenvalue weighted by atomic mass is 127. The molecule has 0 saturated carbocycles. The predicted octanol–water partition coefficient (Wildman–Crippen LogP) is 4.21. The summed E-state index contributed by atoms with van der Waals surface area (Å²) in [7, 11) is 0. The van der Waals surface area contributed by atoms with Gasteiger partial charge in [0.1, 0.15) is 0 Å². The molecule has 78 valence electrons. The van der Waals surface area contributed by atoms with Crippen molar-refractivity contribution >= 4 is 48.1 Å². The lowest BCUT2D eigenvalue weighted by Gasteiger charge is -1.98. The maximum Gasteiger partial charge on any atom is 0.162 e. The van der Waals surface area contributed by atoms with Gasteiger partial charge in [-0.3, -0.25) is 0 Å². The van der Waals surface area contributed by atoms with Crippen LogP contribution in [0.5, 0.6) is 0 Å². The van der Waals surface area contributed by atoms with Crippen LogP contribution in [-0.2, 0) is 0 Å². The molecule has 0 heterocycles. The summed E-state index contributed by atoms with van der Waals surface area (Å²) in [6.45, 7) is 0. The van der Waals surface area contributed by atoms with Gasteiger partial charge in [-0.05, 0) is 11.1 Å². The molecule has 2 aromatic carbocycles. The van der Waals surface area contributed by atoms with Crippen molar-refractivity contribution in [2.75, 3.05) is 0 Å². The van der Waals surface area contributed by atoms with E-state index in [0.29, 0.717) is 4.51 Å². The van der Waals surface area contributed by atoms with E-state index >= 15 is 0 Å². The fourth-order valence-electron chi connectivity index (χ4n) is 1.26. The molecule has 0 bridgehead atoms. The average molecular weight is 438 g/mol. The molecule has 0 radical (unpaired) electrons. The maximum atomic E-state index is 2.41. The minimum atomic E-state index is 0.357. The van der Waals surface area contributed by atoms with Crippen LogP contribution in [0.1, 0.15) is 0 Å². The number of benzene rings is 2. The lowest BCUT2D eigenvalue weighted by molar-refractivity contribution is 1.62. The molecule has 2 aromatic rings. The molecule has 2 rings (SSSR count). The van der Waals surface area contributed by atoms with Crippen LogP contribution in [0.3, 0.4) is 0 Å². The first-order valence-electron chi connectivity index (χ1n) is 4.61. The largest absolute Gasteiger partial charge is 0.162 e. The topological polar surface area (TPSA) is 0 Å². The smallest absolute Gasteiger partial charge is 0.114 e. The monoisotopic (exact) mass is 438 g/mol. The molecule has 0 spiro atoms. The second-order valence-corrected chi connectivity index (χ2v) is 16.4. The summed E-state index contributed by atoms with van der Waals surface area (Å²) >= 11 is 4.83. The number of hydrogen-bond donors (Lipinski definition) is 0. The Morgan fingerprint density at radius 2 is 0.867 bits per heavy atom. The molecule has 15 heavy (non-hydrogen) atoms. The summed E-state index contributed by atoms with van der Waals surface area (Å²) in [5.41, 5.74) is 2.55. The van der Waals surface area contributed by atoms with Gasteiger partial charge in [-0.15, -0.1) is 43.6 Å². The Balaban J connectivity index is 0.000000337. The Hall–Kier alpha value is 0.117. The first-order valence-corrected chi connectivity index (χ1v) is 14.8. The minimum Gasteiger partial charge on any atom is -0.114 e. The molecule has 0 amide bonds. The summed E-state index contributed by atoms with van der Waals surface area (Å²) in [6, 6.07) is 20.8. The fraction of sp³-hybridized carbons (Fsp3) is 0. The van der Waals surface area contributed by atoms with Gasteiger partial charge in [-0.25, -0.2) is 0 Å². The van der Waals surface area contributed by atoms with Crippen LogP contribution in [-0.4, -0.2) is 4.51 Å². The van der Waals surface area contributed by atoms with Crippen molar-refractivity contribution in [3.05, 3.63) is 60.7 Å². The van der Waals surface area contributed by atoms with Gasteiger partial charge in [0.2, 0.25) is 0 Å². The Morgan fingerprint density at radius 1 is 0.600 bits per heavy atom. The first kappa shape index (κ1) is 13.2. The SMILES string of the molecule is I[SiH2]I.c1ccc(-c2ccccc2)cc1. The van der Waals surface area contributed by atoms with Crippen molar-refractivity contribution in [2.24, 2.45) is 0 Å². The van der Waals surface area contributed by atoms with Gasteiger partial charge in [0.15, 0.2) is 4.51 Å². The highest BCUT2D eigenvalue weighted by molar-refractivity contribution is 14.3. The van der Waals surface area contributed by atoms with Gasteiger partial charge >= 0.3 is 0 Å². The third kappa shape index (κ3) is 5.12. The van der Waals surface area contributed by atoms with E-state index in [1.54, 1.807) is 0 Å². The van der Waals surface area contributed by atoms with E-state index in [-0.39, 0.29) is 0 Å². The van der Waals surface area contributed by atoms with Crippen molar-refractivity contribution in [2.45, 2.75) is 0 Å². The van der Waals surface area contributed by atoms with E-state index in [2.05, 4.69) is 92.1 Å². The summed E-state index contributed by atoms with van der Waals surface area (Å²) in [5.74, 6) is 0. The van der Waals surface area contributed by atoms with E-state index < -0.39 is 0 Å². The van der Waals surface area contributed by atoms with Crippen LogP contribution in [0.25, 0.3) is 11.1 Å². The van der Waals surface area contributed by atoms with Crippen LogP contribution in [0.15, 0.2) is 60.7 Å². The molecule has 0 fully saturated rings. The lowest BCUT2D eigenvalue weighted by Crippen LogP contribution is -1.73. The second-order valence-electron chi connectivity index (χ2n) is 2.83. The molecule has 0 aliphatic heterocycles. The molecule has 0 nitrogen and oxygen atoms in total. The zero-order valence-corrected chi connectivity index (χ0v) is 14.0. The molecular formula is C12H12I2Si. The molecule has 0 aliphatic carbocycles. The van der Waals surface area contributed by atoms with Crippen LogP contribution >= 0.6 is 43.6 Å². The standard InChI is InChI=1S/C12H10.H2I2Si/c1-3-7-11(8-4-1)12-9-5-2-6-10-12;1-3-2/h1-10H;3H2. The highest BCUT2D eigenvalue weighted by Crippen LogP contribution is 2.17. The van der Waals surface area contributed by atoms with E-state index in [9.17, 15) is 0 Å². The highest BCUT2D eigenvalue weighted by Gasteiger charge is 1.91. The molecule has 0 aliphatic rings. The van der Waals surface area contributed by atoms with E-state index in [1.807, 2.05) is 12.1 Å². The lowest BCUT2D eigenvalue weighted by atomic mass is 10.1. The summed E-state index contributed by atoms with van der Waals surface area (Å²) in [4.78, 5) is 0. The third-order valence-electron chi connectivity index (χ3n) is 1.88. The molecule has 0 aromatic heterocycles. The zero-order valence-electron chi connectivity index (χ0n) is 8.24. The summed E-state index contributed by atoms with van der Waals surface area (Å²) in [5, 5.41) is 0. The van der Waals surface area contributed by atoms with Gasteiger partial charge in [-0.1, -0.05) is 60.7 Å². The van der Waals surface area contributed by atoms with Gasteiger partial charge < -0.3 is 0 Å². The van der Waals surface area contributed by atoms with E-state index in [1.165, 1.54) is 11.1 Å². The predicted molar refractivity (Wildman–Crippen MR) is 88.5 cm³/mol. The van der Waals surface area contributed by atoms with Crippen molar-refractivity contribution in [1.29, 1.82) is 0 Å². The van der Waals surface area contributed by atoms with E-state index in [4.69, 9.17) is 0 Å². The van der Waals surface area contributed by atoms with Gasteiger partial charge in [0, 0.05) is 0 Å². The van der Waals surface area contributed by atoms with Crippen molar-refractivity contribution in [3.63, 3.8) is 0 Å². The van der Waals surface area contributed by atoms with Crippen molar-refractivity contribution in [3.8, 4) is 11.1 Å². The normalized spacial score (nSPS) is 8.93.